The van der Waals surface area contributed by atoms with Crippen molar-refractivity contribution in [2.45, 2.75) is 25.4 Å². The second-order valence-corrected chi connectivity index (χ2v) is 5.41. The molecule has 0 amide bonds. The van der Waals surface area contributed by atoms with Crippen molar-refractivity contribution >= 4 is 29.9 Å². The number of aliphatic imine (C=N–C) groups is 1. The summed E-state index contributed by atoms with van der Waals surface area (Å²) in [6, 6.07) is 10.2. The number of pyridine rings is 1. The lowest BCUT2D eigenvalue weighted by Gasteiger charge is -2.11. The largest absolute Gasteiger partial charge is 0.439 e. The molecule has 0 saturated heterocycles. The molecule has 0 unspecified atom stereocenters. The lowest BCUT2D eigenvalue weighted by atomic mass is 10.3. The van der Waals surface area contributed by atoms with Gasteiger partial charge in [-0.1, -0.05) is 12.1 Å². The van der Waals surface area contributed by atoms with Crippen LogP contribution in [0.15, 0.2) is 47.6 Å². The van der Waals surface area contributed by atoms with Crippen molar-refractivity contribution in [3.8, 4) is 11.6 Å². The number of aromatic nitrogens is 1. The highest BCUT2D eigenvalue weighted by atomic mass is 127. The number of rotatable bonds is 5. The Morgan fingerprint density at radius 3 is 2.79 bits per heavy atom. The maximum Gasteiger partial charge on any atom is 0.219 e. The fraction of sp³-hybridized carbons (Fsp3) is 0.294. The number of guanidine groups is 1. The maximum atomic E-state index is 13.1. The number of nitrogens with zero attached hydrogens (tertiary/aromatic N) is 2. The first-order valence-corrected chi connectivity index (χ1v) is 7.58. The highest BCUT2D eigenvalue weighted by Gasteiger charge is 2.21. The third-order valence-corrected chi connectivity index (χ3v) is 3.42. The third-order valence-electron chi connectivity index (χ3n) is 3.42. The first kappa shape index (κ1) is 18.4. The number of benzene rings is 1. The van der Waals surface area contributed by atoms with Crippen LogP contribution in [0.2, 0.25) is 0 Å². The molecule has 5 nitrogen and oxygen atoms in total. The summed E-state index contributed by atoms with van der Waals surface area (Å²) in [5, 5.41) is 6.56. The standard InChI is InChI=1S/C17H19FN4O.HI/c1-19-17(22-14-6-7-14)21-11-12-5-8-16(20-10-12)23-15-4-2-3-13(18)9-15;/h2-5,8-10,14H,6-7,11H2,1H3,(H2,19,21,22);1H. The maximum absolute atomic E-state index is 13.1. The van der Waals surface area contributed by atoms with E-state index in [0.717, 1.165) is 11.5 Å². The molecule has 3 rings (SSSR count). The smallest absolute Gasteiger partial charge is 0.219 e. The van der Waals surface area contributed by atoms with Crippen LogP contribution in [-0.4, -0.2) is 24.0 Å². The molecule has 1 aliphatic carbocycles. The molecule has 1 aromatic carbocycles. The van der Waals surface area contributed by atoms with Crippen molar-refractivity contribution in [3.63, 3.8) is 0 Å². The summed E-state index contributed by atoms with van der Waals surface area (Å²) in [5.74, 6) is 1.32. The monoisotopic (exact) mass is 442 g/mol. The summed E-state index contributed by atoms with van der Waals surface area (Å²) in [6.45, 7) is 0.625. The summed E-state index contributed by atoms with van der Waals surface area (Å²) in [4.78, 5) is 8.41. The minimum atomic E-state index is -0.335. The fourth-order valence-corrected chi connectivity index (χ4v) is 2.03. The van der Waals surface area contributed by atoms with Gasteiger partial charge in [-0.25, -0.2) is 9.37 Å². The van der Waals surface area contributed by atoms with Gasteiger partial charge in [0.2, 0.25) is 5.88 Å². The van der Waals surface area contributed by atoms with Gasteiger partial charge in [-0.15, -0.1) is 24.0 Å². The van der Waals surface area contributed by atoms with E-state index in [0.29, 0.717) is 24.2 Å². The first-order valence-electron chi connectivity index (χ1n) is 7.58. The van der Waals surface area contributed by atoms with Gasteiger partial charge >= 0.3 is 0 Å². The molecule has 2 aromatic rings. The molecule has 0 bridgehead atoms. The van der Waals surface area contributed by atoms with Crippen molar-refractivity contribution in [1.29, 1.82) is 0 Å². The van der Waals surface area contributed by atoms with Gasteiger partial charge < -0.3 is 15.4 Å². The highest BCUT2D eigenvalue weighted by Crippen LogP contribution is 2.20. The Hall–Kier alpha value is -1.90. The first-order chi connectivity index (χ1) is 11.2. The summed E-state index contributed by atoms with van der Waals surface area (Å²) in [7, 11) is 1.76. The van der Waals surface area contributed by atoms with Gasteiger partial charge in [0.25, 0.3) is 0 Å². The summed E-state index contributed by atoms with van der Waals surface area (Å²) < 4.78 is 18.6. The summed E-state index contributed by atoms with van der Waals surface area (Å²) in [5.41, 5.74) is 1.01. The van der Waals surface area contributed by atoms with Gasteiger partial charge in [-0.3, -0.25) is 4.99 Å². The average Bonchev–Trinajstić information content (AvgIpc) is 3.37. The molecular formula is C17H20FIN4O. The zero-order valence-corrected chi connectivity index (χ0v) is 15.7. The van der Waals surface area contributed by atoms with Crippen molar-refractivity contribution in [2.24, 2.45) is 4.99 Å². The van der Waals surface area contributed by atoms with E-state index in [-0.39, 0.29) is 29.8 Å². The number of nitrogens with one attached hydrogen (secondary N) is 2. The van der Waals surface area contributed by atoms with Crippen LogP contribution < -0.4 is 15.4 Å². The van der Waals surface area contributed by atoms with Crippen LogP contribution in [0.1, 0.15) is 18.4 Å². The van der Waals surface area contributed by atoms with E-state index in [1.165, 1.54) is 25.0 Å². The molecule has 1 saturated carbocycles. The molecule has 24 heavy (non-hydrogen) atoms. The predicted octanol–water partition coefficient (Wildman–Crippen LogP) is 3.46. The van der Waals surface area contributed by atoms with Crippen molar-refractivity contribution in [1.82, 2.24) is 15.6 Å². The summed E-state index contributed by atoms with van der Waals surface area (Å²) >= 11 is 0. The Bertz CT molecular complexity index is 689. The Balaban J connectivity index is 0.00000208. The van der Waals surface area contributed by atoms with Gasteiger partial charge in [-0.05, 0) is 30.5 Å². The van der Waals surface area contributed by atoms with Gasteiger partial charge in [0.15, 0.2) is 5.96 Å². The number of ether oxygens (including phenoxy) is 1. The van der Waals surface area contributed by atoms with E-state index in [4.69, 9.17) is 4.74 Å². The van der Waals surface area contributed by atoms with Crippen LogP contribution >= 0.6 is 24.0 Å². The van der Waals surface area contributed by atoms with E-state index in [1.807, 2.05) is 6.07 Å². The van der Waals surface area contributed by atoms with Crippen LogP contribution in [0.5, 0.6) is 11.6 Å². The molecule has 0 spiro atoms. The number of halogens is 2. The Labute approximate surface area is 157 Å². The van der Waals surface area contributed by atoms with E-state index < -0.39 is 0 Å². The Kier molecular flexibility index (Phi) is 6.77. The van der Waals surface area contributed by atoms with Crippen LogP contribution in [0.25, 0.3) is 0 Å². The van der Waals surface area contributed by atoms with E-state index in [2.05, 4.69) is 20.6 Å². The molecule has 1 fully saturated rings. The minimum absolute atomic E-state index is 0. The van der Waals surface area contributed by atoms with Gasteiger partial charge in [0, 0.05) is 38.0 Å². The predicted molar refractivity (Wildman–Crippen MR) is 102 cm³/mol. The second kappa shape index (κ2) is 8.81. The van der Waals surface area contributed by atoms with Crippen molar-refractivity contribution in [2.75, 3.05) is 7.05 Å². The number of hydrogen-bond donors (Lipinski definition) is 2. The lowest BCUT2D eigenvalue weighted by molar-refractivity contribution is 0.457. The van der Waals surface area contributed by atoms with Crippen LogP contribution in [0.4, 0.5) is 4.39 Å². The molecule has 0 radical (unpaired) electrons. The summed E-state index contributed by atoms with van der Waals surface area (Å²) in [6.07, 6.45) is 4.13. The molecule has 2 N–H and O–H groups in total. The molecule has 1 heterocycles. The Morgan fingerprint density at radius 2 is 2.17 bits per heavy atom. The third kappa shape index (κ3) is 5.63. The second-order valence-electron chi connectivity index (χ2n) is 5.41. The minimum Gasteiger partial charge on any atom is -0.439 e. The van der Waals surface area contributed by atoms with E-state index in [9.17, 15) is 4.39 Å². The fourth-order valence-electron chi connectivity index (χ4n) is 2.03. The lowest BCUT2D eigenvalue weighted by Crippen LogP contribution is -2.38. The molecule has 128 valence electrons. The zero-order valence-electron chi connectivity index (χ0n) is 13.3. The molecule has 7 heteroatoms. The van der Waals surface area contributed by atoms with Gasteiger partial charge in [0.05, 0.1) is 0 Å². The van der Waals surface area contributed by atoms with Gasteiger partial charge in [0.1, 0.15) is 11.6 Å². The van der Waals surface area contributed by atoms with Crippen LogP contribution in [-0.2, 0) is 6.54 Å². The molecule has 1 aromatic heterocycles. The quantitative estimate of drug-likeness (QED) is 0.423. The molecule has 1 aliphatic rings. The normalized spacial score (nSPS) is 13.8. The van der Waals surface area contributed by atoms with Crippen molar-refractivity contribution in [3.05, 3.63) is 54.0 Å². The van der Waals surface area contributed by atoms with E-state index >= 15 is 0 Å². The van der Waals surface area contributed by atoms with E-state index in [1.54, 1.807) is 31.4 Å². The SMILES string of the molecule is CN=C(NCc1ccc(Oc2cccc(F)c2)nc1)NC1CC1.I. The molecular weight excluding hydrogens is 422 g/mol. The van der Waals surface area contributed by atoms with Crippen LogP contribution in [0.3, 0.4) is 0 Å². The number of hydrogen-bond acceptors (Lipinski definition) is 3. The van der Waals surface area contributed by atoms with Crippen molar-refractivity contribution < 1.29 is 9.13 Å². The molecule has 0 atom stereocenters. The highest BCUT2D eigenvalue weighted by molar-refractivity contribution is 14.0. The molecule has 0 aliphatic heterocycles. The topological polar surface area (TPSA) is 58.5 Å². The zero-order chi connectivity index (χ0) is 16.1. The van der Waals surface area contributed by atoms with Crippen LogP contribution in [0, 0.1) is 5.82 Å². The average molecular weight is 442 g/mol. The Morgan fingerprint density at radius 1 is 1.33 bits per heavy atom. The van der Waals surface area contributed by atoms with Gasteiger partial charge in [-0.2, -0.15) is 0 Å².